The van der Waals surface area contributed by atoms with Crippen LogP contribution in [0.4, 0.5) is 0 Å². The Bertz CT molecular complexity index is 7850. The van der Waals surface area contributed by atoms with Crippen molar-refractivity contribution in [2.24, 2.45) is 0 Å². The van der Waals surface area contributed by atoms with Crippen molar-refractivity contribution < 1.29 is 18.1 Å². The highest BCUT2D eigenvalue weighted by atomic mass is 35.5. The van der Waals surface area contributed by atoms with Gasteiger partial charge in [-0.15, -0.1) is 0 Å². The summed E-state index contributed by atoms with van der Waals surface area (Å²) in [6, 6.07) is 158. The Balaban J connectivity index is 0.000000122. The Morgan fingerprint density at radius 3 is 0.754 bits per heavy atom. The van der Waals surface area contributed by atoms with Gasteiger partial charge in [0.15, 0.2) is 29.1 Å². The molecular formula is C122H86BClN6O4. The zero-order valence-corrected chi connectivity index (χ0v) is 74.8. The first-order chi connectivity index (χ1) is 65.8. The molecule has 0 radical (unpaired) electrons. The van der Waals surface area contributed by atoms with Crippen molar-refractivity contribution >= 4 is 68.1 Å². The number of fused-ring (bicyclic) bond motifs is 12. The Hall–Kier alpha value is -16.1. The average molecular weight is 1750 g/mol. The Morgan fingerprint density at radius 2 is 0.440 bits per heavy atom. The van der Waals surface area contributed by atoms with Crippen molar-refractivity contribution in [1.82, 2.24) is 29.9 Å². The van der Waals surface area contributed by atoms with Gasteiger partial charge in [-0.25, -0.2) is 19.9 Å². The van der Waals surface area contributed by atoms with E-state index in [9.17, 15) is 0 Å². The molecule has 1 fully saturated rings. The highest BCUT2D eigenvalue weighted by molar-refractivity contribution is 6.62. The molecule has 1 aliphatic heterocycles. The number of para-hydroxylation sites is 2. The van der Waals surface area contributed by atoms with Gasteiger partial charge >= 0.3 is 7.12 Å². The molecule has 0 atom stereocenters. The summed E-state index contributed by atoms with van der Waals surface area (Å²) < 4.78 is 25.3. The SMILES string of the molecule is CC1(C)OB(c2ccc(C3(c4ccc5oc6ccccc6c5c4)c4ccccc4-c4ccccc43)cc2)OC1(C)C.Clc1nc(-c2ccc(-c3ccccc3)cc2)nc(-c2ccc(-c3ccccc3)cc2)n1.c1ccc(-c2ccc(-c3nc(-c4ccc(-c5ccccc5)cc4)nc(-c4ccc(C5(c6ccc7oc8ccccc8c7c6)c6ccccc6-c6ccccc65)cc4)n3)cc2)cc1. The number of benzene rings is 18. The molecule has 22 aromatic rings. The second-order valence-electron chi connectivity index (χ2n) is 35.4. The fourth-order valence-electron chi connectivity index (χ4n) is 19.8. The van der Waals surface area contributed by atoms with E-state index in [1.165, 1.54) is 72.3 Å². The lowest BCUT2D eigenvalue weighted by Gasteiger charge is -2.34. The van der Waals surface area contributed by atoms with E-state index < -0.39 is 17.9 Å². The predicted octanol–water partition coefficient (Wildman–Crippen LogP) is 29.9. The fraction of sp³-hybridized carbons (Fsp3) is 0.0656. The minimum absolute atomic E-state index is 0.180. The quantitative estimate of drug-likeness (QED) is 0.0973. The van der Waals surface area contributed by atoms with Gasteiger partial charge in [-0.2, -0.15) is 9.97 Å². The lowest BCUT2D eigenvalue weighted by Crippen LogP contribution is -2.41. The summed E-state index contributed by atoms with van der Waals surface area (Å²) in [6.45, 7) is 8.38. The number of furan rings is 2. The lowest BCUT2D eigenvalue weighted by molar-refractivity contribution is 0.00578. The molecule has 10 nitrogen and oxygen atoms in total. The molecule has 0 N–H and O–H groups in total. The standard InChI is InChI=1S/C58H37N3O.C37H31BO3.C27H18ClN3/c1-3-13-38(14-4-1)40-23-27-42(28-24-40)55-59-56(43-29-25-41(26-30-43)39-15-5-2-6-16-39)61-57(60-55)44-31-33-45(34-32-44)58(51-20-10-7-17-47(51)48-18-8-11-21-52(48)58)46-35-36-54-50(37-46)49-19-9-12-22-53(49)62-54;1-35(2)36(3,4)41-38(40-35)26-20-17-24(18-21-26)37(31-14-8-5-11-27(31)28-12-6-9-15-32(28)37)25-19-22-34-30(23-25)29-13-7-10-16-33(29)39-34;28-27-30-25(23-15-11-21(12-16-23)19-7-3-1-4-8-19)29-26(31-27)24-17-13-22(14-18-24)20-9-5-2-6-10-20/h1-37H;5-23H,1-4H3;1-18H. The number of nitrogens with zero attached hydrogens (tertiary/aromatic N) is 6. The molecule has 1 saturated heterocycles. The van der Waals surface area contributed by atoms with Crippen LogP contribution in [0.25, 0.3) is 168 Å². The maximum atomic E-state index is 6.39. The number of halogens is 1. The third-order valence-electron chi connectivity index (χ3n) is 27.2. The van der Waals surface area contributed by atoms with Crippen LogP contribution in [-0.4, -0.2) is 48.2 Å². The highest BCUT2D eigenvalue weighted by Crippen LogP contribution is 2.59. The molecule has 18 aromatic carbocycles. The van der Waals surface area contributed by atoms with Gasteiger partial charge in [-0.05, 0) is 192 Å². The van der Waals surface area contributed by atoms with Crippen LogP contribution in [0, 0.1) is 0 Å². The number of hydrogen-bond donors (Lipinski definition) is 0. The Kier molecular flexibility index (Phi) is 20.9. The Morgan fingerprint density at radius 1 is 0.209 bits per heavy atom. The van der Waals surface area contributed by atoms with Gasteiger partial charge < -0.3 is 18.1 Å². The van der Waals surface area contributed by atoms with Crippen LogP contribution >= 0.6 is 11.6 Å². The molecule has 5 heterocycles. The van der Waals surface area contributed by atoms with Crippen molar-refractivity contribution in [3.8, 4) is 124 Å². The van der Waals surface area contributed by atoms with E-state index in [4.69, 9.17) is 44.7 Å². The Labute approximate surface area is 782 Å². The van der Waals surface area contributed by atoms with E-state index in [0.29, 0.717) is 29.1 Å². The summed E-state index contributed by atoms with van der Waals surface area (Å²) in [4.78, 5) is 28.8. The predicted molar refractivity (Wildman–Crippen MR) is 545 cm³/mol. The van der Waals surface area contributed by atoms with Crippen LogP contribution in [0.15, 0.2) is 458 Å². The largest absolute Gasteiger partial charge is 0.494 e. The molecule has 134 heavy (non-hydrogen) atoms. The maximum Gasteiger partial charge on any atom is 0.494 e. The smallest absolute Gasteiger partial charge is 0.456 e. The summed E-state index contributed by atoms with van der Waals surface area (Å²) in [5.74, 6) is 2.97. The average Bonchev–Trinajstić information content (AvgIpc) is 1.54. The third kappa shape index (κ3) is 14.7. The zero-order valence-electron chi connectivity index (χ0n) is 74.0. The number of aromatic nitrogens is 6. The second kappa shape index (κ2) is 34.0. The molecule has 3 aliphatic rings. The summed E-state index contributed by atoms with van der Waals surface area (Å²) in [5, 5.41) is 4.66. The molecule has 0 unspecified atom stereocenters. The number of hydrogen-bond acceptors (Lipinski definition) is 10. The molecule has 4 aromatic heterocycles. The topological polar surface area (TPSA) is 122 Å². The first kappa shape index (κ1) is 82.3. The first-order valence-corrected chi connectivity index (χ1v) is 45.7. The summed E-state index contributed by atoms with van der Waals surface area (Å²) >= 11 is 6.24. The van der Waals surface area contributed by atoms with Crippen molar-refractivity contribution in [2.75, 3.05) is 0 Å². The summed E-state index contributed by atoms with van der Waals surface area (Å²) in [6.07, 6.45) is 0. The van der Waals surface area contributed by atoms with Gasteiger partial charge in [0.25, 0.3) is 0 Å². The highest BCUT2D eigenvalue weighted by Gasteiger charge is 2.53. The molecule has 638 valence electrons. The third-order valence-corrected chi connectivity index (χ3v) is 27.4. The summed E-state index contributed by atoms with van der Waals surface area (Å²) in [7, 11) is -0.401. The van der Waals surface area contributed by atoms with Crippen LogP contribution < -0.4 is 5.46 Å². The van der Waals surface area contributed by atoms with Gasteiger partial charge in [0.05, 0.1) is 22.0 Å². The van der Waals surface area contributed by atoms with Gasteiger partial charge in [-0.1, -0.05) is 413 Å². The molecular weight excluding hydrogens is 1660 g/mol. The van der Waals surface area contributed by atoms with Crippen LogP contribution in [0.5, 0.6) is 0 Å². The molecule has 0 amide bonds. The minimum Gasteiger partial charge on any atom is -0.456 e. The molecule has 0 spiro atoms. The van der Waals surface area contributed by atoms with Crippen molar-refractivity contribution in [2.45, 2.75) is 49.7 Å². The number of rotatable bonds is 14. The van der Waals surface area contributed by atoms with Gasteiger partial charge in [0, 0.05) is 49.4 Å². The normalized spacial score (nSPS) is 13.9. The van der Waals surface area contributed by atoms with E-state index in [0.717, 1.165) is 116 Å². The molecule has 0 saturated carbocycles. The van der Waals surface area contributed by atoms with Gasteiger partial charge in [0.1, 0.15) is 22.3 Å². The van der Waals surface area contributed by atoms with E-state index in [1.54, 1.807) is 0 Å². The van der Waals surface area contributed by atoms with E-state index >= 15 is 0 Å². The van der Waals surface area contributed by atoms with Crippen LogP contribution in [-0.2, 0) is 20.1 Å². The van der Waals surface area contributed by atoms with E-state index in [1.807, 2.05) is 97.1 Å². The maximum absolute atomic E-state index is 6.39. The van der Waals surface area contributed by atoms with Crippen molar-refractivity contribution in [1.29, 1.82) is 0 Å². The van der Waals surface area contributed by atoms with Gasteiger partial charge in [0.2, 0.25) is 5.28 Å². The molecule has 25 rings (SSSR count). The fourth-order valence-corrected chi connectivity index (χ4v) is 20.0. The van der Waals surface area contributed by atoms with E-state index in [2.05, 4.69) is 394 Å². The monoisotopic (exact) mass is 1740 g/mol. The second-order valence-corrected chi connectivity index (χ2v) is 35.8. The minimum atomic E-state index is -0.589. The van der Waals surface area contributed by atoms with Gasteiger partial charge in [-0.3, -0.25) is 0 Å². The summed E-state index contributed by atoms with van der Waals surface area (Å²) in [5.41, 5.74) is 31.4. The van der Waals surface area contributed by atoms with Crippen molar-refractivity contribution in [3.63, 3.8) is 0 Å². The van der Waals surface area contributed by atoms with E-state index in [-0.39, 0.29) is 16.5 Å². The molecule has 12 heteroatoms. The lowest BCUT2D eigenvalue weighted by atomic mass is 9.66. The van der Waals surface area contributed by atoms with Crippen LogP contribution in [0.1, 0.15) is 72.2 Å². The van der Waals surface area contributed by atoms with Crippen LogP contribution in [0.3, 0.4) is 0 Å². The zero-order chi connectivity index (χ0) is 90.1. The first-order valence-electron chi connectivity index (χ1n) is 45.4. The van der Waals surface area contributed by atoms with Crippen molar-refractivity contribution in [3.05, 3.63) is 499 Å². The molecule has 0 bridgehead atoms. The molecule has 2 aliphatic carbocycles. The van der Waals surface area contributed by atoms with Crippen LogP contribution in [0.2, 0.25) is 5.28 Å².